The first kappa shape index (κ1) is 11.2. The van der Waals surface area contributed by atoms with Gasteiger partial charge in [-0.1, -0.05) is 0 Å². The lowest BCUT2D eigenvalue weighted by atomic mass is 10.1. The molecule has 88 valence electrons. The molecule has 0 radical (unpaired) electrons. The van der Waals surface area contributed by atoms with E-state index >= 15 is 0 Å². The Kier molecular flexibility index (Phi) is 3.03. The van der Waals surface area contributed by atoms with E-state index in [9.17, 15) is 0 Å². The van der Waals surface area contributed by atoms with E-state index in [1.165, 1.54) is 11.1 Å². The molecule has 0 saturated heterocycles. The molecular formula is C12H20N4. The van der Waals surface area contributed by atoms with Crippen LogP contribution in [-0.4, -0.2) is 37.0 Å². The van der Waals surface area contributed by atoms with Crippen molar-refractivity contribution in [3.05, 3.63) is 23.3 Å². The van der Waals surface area contributed by atoms with Crippen molar-refractivity contribution in [3.8, 4) is 0 Å². The average Bonchev–Trinajstić information content (AvgIpc) is 2.58. The number of nitrogens with two attached hydrogens (primary N) is 2. The molecule has 1 heterocycles. The second kappa shape index (κ2) is 4.31. The topological polar surface area (TPSA) is 58.5 Å². The highest BCUT2D eigenvalue weighted by atomic mass is 15.2. The summed E-state index contributed by atoms with van der Waals surface area (Å²) in [5, 5.41) is 0. The van der Waals surface area contributed by atoms with E-state index in [1.807, 2.05) is 12.1 Å². The van der Waals surface area contributed by atoms with Crippen molar-refractivity contribution in [1.29, 1.82) is 0 Å². The molecule has 0 spiro atoms. The molecule has 1 aromatic rings. The molecule has 0 amide bonds. The van der Waals surface area contributed by atoms with Crippen LogP contribution in [0.25, 0.3) is 0 Å². The van der Waals surface area contributed by atoms with Crippen LogP contribution in [0.1, 0.15) is 11.1 Å². The van der Waals surface area contributed by atoms with Gasteiger partial charge >= 0.3 is 0 Å². The molecule has 0 atom stereocenters. The van der Waals surface area contributed by atoms with Crippen molar-refractivity contribution >= 4 is 11.4 Å². The monoisotopic (exact) mass is 220 g/mol. The highest BCUT2D eigenvalue weighted by Crippen LogP contribution is 2.28. The zero-order valence-electron chi connectivity index (χ0n) is 10.0. The molecule has 0 fully saturated rings. The van der Waals surface area contributed by atoms with E-state index in [2.05, 4.69) is 23.9 Å². The quantitative estimate of drug-likeness (QED) is 0.737. The minimum absolute atomic E-state index is 0.702. The lowest BCUT2D eigenvalue weighted by molar-refractivity contribution is 0.246. The van der Waals surface area contributed by atoms with Crippen molar-refractivity contribution in [3.63, 3.8) is 0 Å². The summed E-state index contributed by atoms with van der Waals surface area (Å²) in [6.45, 7) is 4.15. The number of benzene rings is 1. The van der Waals surface area contributed by atoms with E-state index in [0.29, 0.717) is 11.4 Å². The van der Waals surface area contributed by atoms with Crippen molar-refractivity contribution in [2.45, 2.75) is 13.1 Å². The minimum atomic E-state index is 0.702. The van der Waals surface area contributed by atoms with E-state index in [0.717, 1.165) is 26.2 Å². The zero-order chi connectivity index (χ0) is 11.7. The molecular weight excluding hydrogens is 200 g/mol. The highest BCUT2D eigenvalue weighted by Gasteiger charge is 2.19. The smallest absolute Gasteiger partial charge is 0.0551 e. The van der Waals surface area contributed by atoms with Crippen LogP contribution in [0.2, 0.25) is 0 Å². The highest BCUT2D eigenvalue weighted by molar-refractivity contribution is 5.66. The van der Waals surface area contributed by atoms with Gasteiger partial charge in [0, 0.05) is 26.2 Å². The van der Waals surface area contributed by atoms with E-state index in [-0.39, 0.29) is 0 Å². The van der Waals surface area contributed by atoms with Gasteiger partial charge in [-0.3, -0.25) is 4.90 Å². The maximum atomic E-state index is 5.81. The Hall–Kier alpha value is -1.26. The summed E-state index contributed by atoms with van der Waals surface area (Å²) in [6.07, 6.45) is 0. The minimum Gasteiger partial charge on any atom is -0.397 e. The first-order valence-corrected chi connectivity index (χ1v) is 5.60. The number of hydrogen-bond acceptors (Lipinski definition) is 4. The van der Waals surface area contributed by atoms with Crippen LogP contribution in [0, 0.1) is 0 Å². The summed E-state index contributed by atoms with van der Waals surface area (Å²) in [6, 6.07) is 4.03. The molecule has 1 aromatic carbocycles. The summed E-state index contributed by atoms with van der Waals surface area (Å²) >= 11 is 0. The van der Waals surface area contributed by atoms with Crippen molar-refractivity contribution in [1.82, 2.24) is 9.80 Å². The van der Waals surface area contributed by atoms with Crippen LogP contribution in [0.3, 0.4) is 0 Å². The van der Waals surface area contributed by atoms with Gasteiger partial charge in [0.2, 0.25) is 0 Å². The Bertz CT molecular complexity index is 356. The first-order chi connectivity index (χ1) is 7.56. The van der Waals surface area contributed by atoms with Gasteiger partial charge in [-0.25, -0.2) is 0 Å². The third-order valence-corrected chi connectivity index (χ3v) is 3.06. The number of likely N-dealkylation sites (N-methyl/N-ethyl adjacent to an activating group) is 1. The van der Waals surface area contributed by atoms with Gasteiger partial charge < -0.3 is 16.4 Å². The number of nitrogen functional groups attached to an aromatic ring is 2. The maximum absolute atomic E-state index is 5.81. The van der Waals surface area contributed by atoms with Gasteiger partial charge in [0.1, 0.15) is 0 Å². The number of nitrogens with zero attached hydrogens (tertiary/aromatic N) is 2. The van der Waals surface area contributed by atoms with Gasteiger partial charge in [-0.05, 0) is 37.4 Å². The second-order valence-electron chi connectivity index (χ2n) is 4.76. The fourth-order valence-corrected chi connectivity index (χ4v) is 2.06. The molecule has 1 aliphatic heterocycles. The maximum Gasteiger partial charge on any atom is 0.0551 e. The van der Waals surface area contributed by atoms with Crippen LogP contribution in [0.5, 0.6) is 0 Å². The standard InChI is InChI=1S/C12H20N4/c1-15(2)3-4-16-7-9-5-11(13)12(14)6-10(9)8-16/h5-6H,3-4,7-8,13-14H2,1-2H3. The van der Waals surface area contributed by atoms with Crippen LogP contribution < -0.4 is 11.5 Å². The number of fused-ring (bicyclic) bond motifs is 1. The van der Waals surface area contributed by atoms with Crippen molar-refractivity contribution in [2.75, 3.05) is 38.7 Å². The molecule has 0 saturated carbocycles. The Morgan fingerprint density at radius 1 is 1.12 bits per heavy atom. The largest absolute Gasteiger partial charge is 0.397 e. The van der Waals surface area contributed by atoms with Crippen LogP contribution >= 0.6 is 0 Å². The number of anilines is 2. The van der Waals surface area contributed by atoms with Crippen LogP contribution in [-0.2, 0) is 13.1 Å². The second-order valence-corrected chi connectivity index (χ2v) is 4.76. The van der Waals surface area contributed by atoms with Crippen molar-refractivity contribution < 1.29 is 0 Å². The van der Waals surface area contributed by atoms with Crippen LogP contribution in [0.4, 0.5) is 11.4 Å². The summed E-state index contributed by atoms with van der Waals surface area (Å²) < 4.78 is 0. The van der Waals surface area contributed by atoms with E-state index in [4.69, 9.17) is 11.5 Å². The SMILES string of the molecule is CN(C)CCN1Cc2cc(N)c(N)cc2C1. The first-order valence-electron chi connectivity index (χ1n) is 5.60. The Labute approximate surface area is 96.8 Å². The van der Waals surface area contributed by atoms with Crippen molar-refractivity contribution in [2.24, 2.45) is 0 Å². The lowest BCUT2D eigenvalue weighted by Gasteiger charge is -2.17. The normalized spacial score (nSPS) is 15.7. The third-order valence-electron chi connectivity index (χ3n) is 3.06. The summed E-state index contributed by atoms with van der Waals surface area (Å²) in [4.78, 5) is 4.62. The molecule has 0 aromatic heterocycles. The molecule has 0 unspecified atom stereocenters. The number of rotatable bonds is 3. The third kappa shape index (κ3) is 2.28. The summed E-state index contributed by atoms with van der Waals surface area (Å²) in [5.74, 6) is 0. The Balaban J connectivity index is 2.04. The lowest BCUT2D eigenvalue weighted by Crippen LogP contribution is -2.27. The van der Waals surface area contributed by atoms with Crippen LogP contribution in [0.15, 0.2) is 12.1 Å². The molecule has 16 heavy (non-hydrogen) atoms. The molecule has 2 rings (SSSR count). The molecule has 4 nitrogen and oxygen atoms in total. The zero-order valence-corrected chi connectivity index (χ0v) is 10.0. The summed E-state index contributed by atoms with van der Waals surface area (Å²) in [5.41, 5.74) is 15.7. The van der Waals surface area contributed by atoms with E-state index < -0.39 is 0 Å². The molecule has 1 aliphatic rings. The van der Waals surface area contributed by atoms with Gasteiger partial charge in [-0.15, -0.1) is 0 Å². The van der Waals surface area contributed by atoms with Gasteiger partial charge in [0.15, 0.2) is 0 Å². The van der Waals surface area contributed by atoms with Gasteiger partial charge in [0.25, 0.3) is 0 Å². The predicted octanol–water partition coefficient (Wildman–Crippen LogP) is 0.728. The van der Waals surface area contributed by atoms with E-state index in [1.54, 1.807) is 0 Å². The fourth-order valence-electron chi connectivity index (χ4n) is 2.06. The molecule has 4 N–H and O–H groups in total. The molecule has 4 heteroatoms. The summed E-state index contributed by atoms with van der Waals surface area (Å²) in [7, 11) is 4.19. The van der Waals surface area contributed by atoms with Gasteiger partial charge in [-0.2, -0.15) is 0 Å². The fraction of sp³-hybridized carbons (Fsp3) is 0.500. The van der Waals surface area contributed by atoms with Gasteiger partial charge in [0.05, 0.1) is 11.4 Å². The Morgan fingerprint density at radius 2 is 1.62 bits per heavy atom. The predicted molar refractivity (Wildman–Crippen MR) is 67.9 cm³/mol. The Morgan fingerprint density at radius 3 is 2.06 bits per heavy atom. The number of hydrogen-bond donors (Lipinski definition) is 2. The molecule has 0 aliphatic carbocycles. The molecule has 0 bridgehead atoms. The average molecular weight is 220 g/mol.